The Morgan fingerprint density at radius 2 is 0.873 bits per heavy atom. The number of rotatable bonds is 4. The minimum atomic E-state index is -0.178. The van der Waals surface area contributed by atoms with Crippen molar-refractivity contribution in [3.63, 3.8) is 0 Å². The number of hydrogen-bond acceptors (Lipinski definition) is 2. The number of benzene rings is 9. The molecule has 10 aromatic rings. The highest BCUT2D eigenvalue weighted by atomic mass is 14.9. The predicted molar refractivity (Wildman–Crippen MR) is 231 cm³/mol. The highest BCUT2D eigenvalue weighted by Crippen LogP contribution is 2.57. The van der Waals surface area contributed by atoms with Gasteiger partial charge in [0.15, 0.2) is 5.82 Å². The van der Waals surface area contributed by atoms with Crippen molar-refractivity contribution in [2.45, 2.75) is 19.3 Å². The molecule has 0 saturated heterocycles. The SMILES string of the molecule is CC1(C)c2c(cc(-c3ccc(-c4cc(-c5ccc6ccccc6c5)nc(-c5ccccc5)n4)cc3)c3ccccc23)-c2c1c1ccccc1c1ccccc21. The zero-order chi connectivity index (χ0) is 36.7. The largest absolute Gasteiger partial charge is 0.228 e. The van der Waals surface area contributed by atoms with Crippen molar-refractivity contribution in [1.29, 1.82) is 0 Å². The maximum atomic E-state index is 5.14. The first-order valence-corrected chi connectivity index (χ1v) is 19.1. The minimum absolute atomic E-state index is 0.178. The summed E-state index contributed by atoms with van der Waals surface area (Å²) < 4.78 is 0. The van der Waals surface area contributed by atoms with Crippen LogP contribution >= 0.6 is 0 Å². The van der Waals surface area contributed by atoms with Gasteiger partial charge >= 0.3 is 0 Å². The van der Waals surface area contributed by atoms with Crippen LogP contribution in [0.4, 0.5) is 0 Å². The third-order valence-corrected chi connectivity index (χ3v) is 11.8. The second kappa shape index (κ2) is 12.1. The van der Waals surface area contributed by atoms with Crippen LogP contribution < -0.4 is 0 Å². The molecule has 0 aliphatic heterocycles. The molecule has 1 aliphatic carbocycles. The summed E-state index contributed by atoms with van der Waals surface area (Å²) in [5.41, 5.74) is 12.7. The first-order chi connectivity index (χ1) is 27.0. The van der Waals surface area contributed by atoms with Crippen molar-refractivity contribution >= 4 is 43.1 Å². The molecule has 2 heteroatoms. The highest BCUT2D eigenvalue weighted by Gasteiger charge is 2.40. The van der Waals surface area contributed by atoms with Crippen LogP contribution in [0.25, 0.3) is 99.2 Å². The molecule has 1 heterocycles. The summed E-state index contributed by atoms with van der Waals surface area (Å²) in [4.78, 5) is 10.2. The summed E-state index contributed by atoms with van der Waals surface area (Å²) in [5.74, 6) is 0.719. The van der Waals surface area contributed by atoms with Gasteiger partial charge in [-0.1, -0.05) is 178 Å². The fourth-order valence-electron chi connectivity index (χ4n) is 9.31. The van der Waals surface area contributed by atoms with Crippen LogP contribution in [-0.4, -0.2) is 9.97 Å². The first-order valence-electron chi connectivity index (χ1n) is 19.1. The van der Waals surface area contributed by atoms with Gasteiger partial charge in [-0.2, -0.15) is 0 Å². The van der Waals surface area contributed by atoms with Crippen molar-refractivity contribution in [3.8, 4) is 56.2 Å². The van der Waals surface area contributed by atoms with Gasteiger partial charge in [0.1, 0.15) is 0 Å². The lowest BCUT2D eigenvalue weighted by atomic mass is 9.77. The fraction of sp³-hybridized carbons (Fsp3) is 0.0566. The van der Waals surface area contributed by atoms with Gasteiger partial charge < -0.3 is 0 Å². The van der Waals surface area contributed by atoms with Gasteiger partial charge in [0, 0.05) is 22.1 Å². The Morgan fingerprint density at radius 3 is 1.60 bits per heavy atom. The molecule has 11 rings (SSSR count). The van der Waals surface area contributed by atoms with Gasteiger partial charge in [-0.15, -0.1) is 0 Å². The molecule has 0 bridgehead atoms. The Balaban J connectivity index is 1.09. The summed E-state index contributed by atoms with van der Waals surface area (Å²) >= 11 is 0. The van der Waals surface area contributed by atoms with Crippen LogP contribution in [0, 0.1) is 0 Å². The lowest BCUT2D eigenvalue weighted by molar-refractivity contribution is 0.672. The quantitative estimate of drug-likeness (QED) is 0.171. The van der Waals surface area contributed by atoms with Crippen molar-refractivity contribution in [2.24, 2.45) is 0 Å². The molecule has 9 aromatic carbocycles. The monoisotopic (exact) mass is 700 g/mol. The van der Waals surface area contributed by atoms with Crippen molar-refractivity contribution < 1.29 is 0 Å². The first kappa shape index (κ1) is 31.6. The van der Waals surface area contributed by atoms with E-state index in [1.54, 1.807) is 0 Å². The van der Waals surface area contributed by atoms with E-state index in [-0.39, 0.29) is 5.41 Å². The molecule has 55 heavy (non-hydrogen) atoms. The van der Waals surface area contributed by atoms with Gasteiger partial charge in [0.05, 0.1) is 11.4 Å². The smallest absolute Gasteiger partial charge is 0.160 e. The third-order valence-electron chi connectivity index (χ3n) is 11.8. The van der Waals surface area contributed by atoms with Crippen LogP contribution in [-0.2, 0) is 5.41 Å². The number of hydrogen-bond donors (Lipinski definition) is 0. The summed E-state index contributed by atoms with van der Waals surface area (Å²) in [6.45, 7) is 4.83. The predicted octanol–water partition coefficient (Wildman–Crippen LogP) is 14.1. The summed E-state index contributed by atoms with van der Waals surface area (Å²) in [6.07, 6.45) is 0. The molecule has 0 radical (unpaired) electrons. The zero-order valence-corrected chi connectivity index (χ0v) is 30.7. The van der Waals surface area contributed by atoms with Gasteiger partial charge in [0.2, 0.25) is 0 Å². The molecule has 0 N–H and O–H groups in total. The molecule has 0 fully saturated rings. The van der Waals surface area contributed by atoms with E-state index in [1.807, 2.05) is 18.2 Å². The standard InChI is InChI=1S/C53H36N2/c1-53(2)50-43-22-12-10-20-41(43)45(31-46(50)49-42-21-11-8-18-39(42)40-19-9-13-23-44(40)51(49)53)34-25-27-35(28-26-34)47-32-48(55-52(54-47)36-15-4-3-5-16-36)38-29-24-33-14-6-7-17-37(33)30-38/h3-32H,1-2H3. The van der Waals surface area contributed by atoms with Crippen LogP contribution in [0.2, 0.25) is 0 Å². The molecule has 1 aromatic heterocycles. The van der Waals surface area contributed by atoms with Crippen LogP contribution in [0.15, 0.2) is 182 Å². The second-order valence-electron chi connectivity index (χ2n) is 15.3. The zero-order valence-electron chi connectivity index (χ0n) is 30.7. The van der Waals surface area contributed by atoms with Crippen LogP contribution in [0.5, 0.6) is 0 Å². The van der Waals surface area contributed by atoms with E-state index in [0.717, 1.165) is 33.9 Å². The van der Waals surface area contributed by atoms with E-state index < -0.39 is 0 Å². The molecule has 258 valence electrons. The van der Waals surface area contributed by atoms with Gasteiger partial charge in [0.25, 0.3) is 0 Å². The molecular formula is C53H36N2. The number of aromatic nitrogens is 2. The Morgan fingerprint density at radius 1 is 0.345 bits per heavy atom. The molecular weight excluding hydrogens is 665 g/mol. The summed E-state index contributed by atoms with van der Waals surface area (Å²) in [5, 5.41) is 10.3. The third kappa shape index (κ3) is 4.88. The van der Waals surface area contributed by atoms with Crippen molar-refractivity contribution in [2.75, 3.05) is 0 Å². The van der Waals surface area contributed by atoms with E-state index in [2.05, 4.69) is 178 Å². The Kier molecular flexibility index (Phi) is 6.93. The number of nitrogens with zero attached hydrogens (tertiary/aromatic N) is 2. The highest BCUT2D eigenvalue weighted by molar-refractivity contribution is 6.20. The molecule has 0 unspecified atom stereocenters. The van der Waals surface area contributed by atoms with Gasteiger partial charge in [-0.25, -0.2) is 9.97 Å². The number of fused-ring (bicyclic) bond motifs is 11. The van der Waals surface area contributed by atoms with E-state index >= 15 is 0 Å². The Bertz CT molecular complexity index is 3160. The van der Waals surface area contributed by atoms with Crippen LogP contribution in [0.3, 0.4) is 0 Å². The maximum Gasteiger partial charge on any atom is 0.160 e. The van der Waals surface area contributed by atoms with Crippen molar-refractivity contribution in [1.82, 2.24) is 9.97 Å². The lowest BCUT2D eigenvalue weighted by Crippen LogP contribution is -2.16. The molecule has 1 aliphatic rings. The molecule has 0 atom stereocenters. The Hall–Kier alpha value is -6.90. The van der Waals surface area contributed by atoms with Gasteiger partial charge in [-0.05, 0) is 94.7 Å². The summed E-state index contributed by atoms with van der Waals surface area (Å²) in [7, 11) is 0. The van der Waals surface area contributed by atoms with E-state index in [0.29, 0.717) is 0 Å². The molecule has 0 spiro atoms. The average Bonchev–Trinajstić information content (AvgIpc) is 3.50. The average molecular weight is 701 g/mol. The minimum Gasteiger partial charge on any atom is -0.228 e. The van der Waals surface area contributed by atoms with E-state index in [4.69, 9.17) is 9.97 Å². The van der Waals surface area contributed by atoms with Crippen molar-refractivity contribution in [3.05, 3.63) is 193 Å². The maximum absolute atomic E-state index is 5.14. The topological polar surface area (TPSA) is 25.8 Å². The Labute approximate surface area is 320 Å². The van der Waals surface area contributed by atoms with E-state index in [1.165, 1.54) is 76.5 Å². The fourth-order valence-corrected chi connectivity index (χ4v) is 9.31. The van der Waals surface area contributed by atoms with E-state index in [9.17, 15) is 0 Å². The normalized spacial score (nSPS) is 13.1. The summed E-state index contributed by atoms with van der Waals surface area (Å²) in [6, 6.07) is 65.8. The lowest BCUT2D eigenvalue weighted by Gasteiger charge is -2.25. The van der Waals surface area contributed by atoms with Gasteiger partial charge in [-0.3, -0.25) is 0 Å². The van der Waals surface area contributed by atoms with Crippen LogP contribution in [0.1, 0.15) is 25.0 Å². The molecule has 2 nitrogen and oxygen atoms in total. The molecule has 0 saturated carbocycles. The second-order valence-corrected chi connectivity index (χ2v) is 15.3. The molecule has 0 amide bonds.